The summed E-state index contributed by atoms with van der Waals surface area (Å²) < 4.78 is 0. The molecular formula is C16H14ClN5O2. The van der Waals surface area contributed by atoms with E-state index in [1.807, 2.05) is 29.2 Å². The van der Waals surface area contributed by atoms with E-state index in [0.717, 1.165) is 18.8 Å². The minimum Gasteiger partial charge on any atom is -0.368 e. The standard InChI is InChI=1S/C16H14ClN5O2/c17-12-2-1-3-13(10-12)20-6-8-21(9-7-20)16-5-4-15(22(23)24)14(11-18)19-16/h1-5,10H,6-9H2. The van der Waals surface area contributed by atoms with E-state index in [2.05, 4.69) is 9.88 Å². The normalized spacial score (nSPS) is 14.3. The van der Waals surface area contributed by atoms with Gasteiger partial charge in [-0.2, -0.15) is 5.26 Å². The van der Waals surface area contributed by atoms with Crippen molar-refractivity contribution in [3.05, 3.63) is 57.2 Å². The number of nitro groups is 1. The predicted octanol–water partition coefficient (Wildman–Crippen LogP) is 2.84. The maximum absolute atomic E-state index is 10.9. The molecule has 0 amide bonds. The summed E-state index contributed by atoms with van der Waals surface area (Å²) in [6.07, 6.45) is 0. The number of halogens is 1. The Morgan fingerprint density at radius 2 is 1.88 bits per heavy atom. The highest BCUT2D eigenvalue weighted by Crippen LogP contribution is 2.24. The lowest BCUT2D eigenvalue weighted by Crippen LogP contribution is -2.46. The molecular weight excluding hydrogens is 330 g/mol. The zero-order chi connectivity index (χ0) is 17.1. The van der Waals surface area contributed by atoms with Crippen LogP contribution >= 0.6 is 11.6 Å². The molecule has 1 aromatic carbocycles. The third-order valence-corrected chi connectivity index (χ3v) is 4.17. The second kappa shape index (κ2) is 6.72. The lowest BCUT2D eigenvalue weighted by Gasteiger charge is -2.36. The molecule has 24 heavy (non-hydrogen) atoms. The van der Waals surface area contributed by atoms with Crippen LogP contribution in [0.2, 0.25) is 5.02 Å². The van der Waals surface area contributed by atoms with Crippen molar-refractivity contribution in [3.63, 3.8) is 0 Å². The van der Waals surface area contributed by atoms with Gasteiger partial charge in [-0.05, 0) is 24.3 Å². The van der Waals surface area contributed by atoms with E-state index in [9.17, 15) is 10.1 Å². The first kappa shape index (κ1) is 16.0. The molecule has 2 aromatic rings. The van der Waals surface area contributed by atoms with Gasteiger partial charge in [-0.15, -0.1) is 0 Å². The van der Waals surface area contributed by atoms with Crippen LogP contribution in [0.5, 0.6) is 0 Å². The van der Waals surface area contributed by atoms with E-state index in [4.69, 9.17) is 16.9 Å². The second-order valence-corrected chi connectivity index (χ2v) is 5.80. The topological polar surface area (TPSA) is 86.3 Å². The van der Waals surface area contributed by atoms with Gasteiger partial charge >= 0.3 is 5.69 Å². The first-order chi connectivity index (χ1) is 11.6. The van der Waals surface area contributed by atoms with E-state index < -0.39 is 4.92 Å². The first-order valence-corrected chi connectivity index (χ1v) is 7.77. The first-order valence-electron chi connectivity index (χ1n) is 7.39. The molecule has 122 valence electrons. The number of hydrogen-bond acceptors (Lipinski definition) is 6. The third kappa shape index (κ3) is 3.24. The molecule has 1 saturated heterocycles. The Balaban J connectivity index is 1.73. The fourth-order valence-corrected chi connectivity index (χ4v) is 2.90. The minimum atomic E-state index is -0.591. The molecule has 0 atom stereocenters. The maximum atomic E-state index is 10.9. The average molecular weight is 344 g/mol. The fraction of sp³-hybridized carbons (Fsp3) is 0.250. The van der Waals surface area contributed by atoms with Crippen LogP contribution in [0.25, 0.3) is 0 Å². The third-order valence-electron chi connectivity index (χ3n) is 3.94. The van der Waals surface area contributed by atoms with Crippen LogP contribution in [0.15, 0.2) is 36.4 Å². The lowest BCUT2D eigenvalue weighted by molar-refractivity contribution is -0.385. The molecule has 1 fully saturated rings. The second-order valence-electron chi connectivity index (χ2n) is 5.36. The highest BCUT2D eigenvalue weighted by atomic mass is 35.5. The van der Waals surface area contributed by atoms with Gasteiger partial charge in [0, 0.05) is 43.0 Å². The maximum Gasteiger partial charge on any atom is 0.305 e. The largest absolute Gasteiger partial charge is 0.368 e. The van der Waals surface area contributed by atoms with Gasteiger partial charge in [0.05, 0.1) is 4.92 Å². The van der Waals surface area contributed by atoms with Crippen molar-refractivity contribution in [2.75, 3.05) is 36.0 Å². The zero-order valence-electron chi connectivity index (χ0n) is 12.7. The summed E-state index contributed by atoms with van der Waals surface area (Å²) >= 11 is 6.03. The SMILES string of the molecule is N#Cc1nc(N2CCN(c3cccc(Cl)c3)CC2)ccc1[N+](=O)[O-]. The lowest BCUT2D eigenvalue weighted by atomic mass is 10.2. The van der Waals surface area contributed by atoms with E-state index in [0.29, 0.717) is 23.9 Å². The number of pyridine rings is 1. The average Bonchev–Trinajstić information content (AvgIpc) is 2.61. The number of hydrogen-bond donors (Lipinski definition) is 0. The van der Waals surface area contributed by atoms with Gasteiger partial charge in [-0.1, -0.05) is 17.7 Å². The Kier molecular flexibility index (Phi) is 4.49. The number of rotatable bonds is 3. The van der Waals surface area contributed by atoms with Crippen LogP contribution < -0.4 is 9.80 Å². The quantitative estimate of drug-likeness (QED) is 0.629. The van der Waals surface area contributed by atoms with Crippen LogP contribution in [0.3, 0.4) is 0 Å². The highest BCUT2D eigenvalue weighted by molar-refractivity contribution is 6.30. The molecule has 0 saturated carbocycles. The number of nitriles is 1. The van der Waals surface area contributed by atoms with Crippen molar-refractivity contribution < 1.29 is 4.92 Å². The number of piperazine rings is 1. The molecule has 0 aliphatic carbocycles. The Morgan fingerprint density at radius 1 is 1.17 bits per heavy atom. The van der Waals surface area contributed by atoms with Crippen molar-refractivity contribution in [2.45, 2.75) is 0 Å². The molecule has 0 unspecified atom stereocenters. The van der Waals surface area contributed by atoms with E-state index in [1.54, 1.807) is 12.1 Å². The molecule has 1 aromatic heterocycles. The summed E-state index contributed by atoms with van der Waals surface area (Å²) in [5, 5.41) is 20.6. The highest BCUT2D eigenvalue weighted by Gasteiger charge is 2.22. The minimum absolute atomic E-state index is 0.158. The van der Waals surface area contributed by atoms with Gasteiger partial charge in [0.15, 0.2) is 0 Å². The van der Waals surface area contributed by atoms with Gasteiger partial charge in [-0.25, -0.2) is 4.98 Å². The molecule has 2 heterocycles. The Hall–Kier alpha value is -2.85. The Bertz CT molecular complexity index is 812. The number of aromatic nitrogens is 1. The van der Waals surface area contributed by atoms with Crippen molar-refractivity contribution in [1.82, 2.24) is 4.98 Å². The van der Waals surface area contributed by atoms with Crippen LogP contribution in [0.4, 0.5) is 17.2 Å². The molecule has 1 aliphatic rings. The number of anilines is 2. The molecule has 0 bridgehead atoms. The molecule has 1 aliphatic heterocycles. The van der Waals surface area contributed by atoms with E-state index in [-0.39, 0.29) is 11.4 Å². The number of nitrogens with zero attached hydrogens (tertiary/aromatic N) is 5. The van der Waals surface area contributed by atoms with Crippen molar-refractivity contribution in [2.24, 2.45) is 0 Å². The summed E-state index contributed by atoms with van der Waals surface area (Å²) in [7, 11) is 0. The summed E-state index contributed by atoms with van der Waals surface area (Å²) in [4.78, 5) is 18.7. The predicted molar refractivity (Wildman–Crippen MR) is 91.5 cm³/mol. The van der Waals surface area contributed by atoms with Crippen molar-refractivity contribution >= 4 is 28.8 Å². The summed E-state index contributed by atoms with van der Waals surface area (Å²) in [6.45, 7) is 2.98. The molecule has 7 nitrogen and oxygen atoms in total. The van der Waals surface area contributed by atoms with Crippen LogP contribution in [-0.2, 0) is 0 Å². The van der Waals surface area contributed by atoms with Gasteiger partial charge in [0.25, 0.3) is 0 Å². The van der Waals surface area contributed by atoms with Crippen LogP contribution in [0.1, 0.15) is 5.69 Å². The van der Waals surface area contributed by atoms with Crippen LogP contribution in [0, 0.1) is 21.4 Å². The molecule has 0 spiro atoms. The number of benzene rings is 1. The molecule has 3 rings (SSSR count). The summed E-state index contributed by atoms with van der Waals surface area (Å²) in [6, 6.07) is 12.4. The summed E-state index contributed by atoms with van der Waals surface area (Å²) in [5.41, 5.74) is 0.644. The smallest absolute Gasteiger partial charge is 0.305 e. The fourth-order valence-electron chi connectivity index (χ4n) is 2.71. The Morgan fingerprint density at radius 3 is 2.50 bits per heavy atom. The molecule has 0 radical (unpaired) electrons. The van der Waals surface area contributed by atoms with Crippen molar-refractivity contribution in [3.8, 4) is 6.07 Å². The van der Waals surface area contributed by atoms with Gasteiger partial charge in [0.2, 0.25) is 5.69 Å². The molecule has 0 N–H and O–H groups in total. The van der Waals surface area contributed by atoms with E-state index in [1.165, 1.54) is 6.07 Å². The van der Waals surface area contributed by atoms with Crippen molar-refractivity contribution in [1.29, 1.82) is 5.26 Å². The zero-order valence-corrected chi connectivity index (χ0v) is 13.5. The molecule has 8 heteroatoms. The summed E-state index contributed by atoms with van der Waals surface area (Å²) in [5.74, 6) is 0.586. The van der Waals surface area contributed by atoms with Crippen LogP contribution in [-0.4, -0.2) is 36.1 Å². The van der Waals surface area contributed by atoms with E-state index >= 15 is 0 Å². The van der Waals surface area contributed by atoms with Gasteiger partial charge < -0.3 is 9.80 Å². The van der Waals surface area contributed by atoms with Gasteiger partial charge in [0.1, 0.15) is 11.9 Å². The Labute approximate surface area is 143 Å². The monoisotopic (exact) mass is 343 g/mol. The van der Waals surface area contributed by atoms with Gasteiger partial charge in [-0.3, -0.25) is 10.1 Å².